The zero-order valence-electron chi connectivity index (χ0n) is 11.9. The van der Waals surface area contributed by atoms with Gasteiger partial charge in [-0.15, -0.1) is 0 Å². The third kappa shape index (κ3) is 4.63. The summed E-state index contributed by atoms with van der Waals surface area (Å²) in [5, 5.41) is 0. The Labute approximate surface area is 111 Å². The molecule has 1 aromatic heterocycles. The second-order valence-electron chi connectivity index (χ2n) is 4.76. The number of aromatic nitrogens is 1. The highest BCUT2D eigenvalue weighted by molar-refractivity contribution is 5.46. The van der Waals surface area contributed by atoms with Crippen LogP contribution in [0.15, 0.2) is 18.3 Å². The topological polar surface area (TPSA) is 45.4 Å². The summed E-state index contributed by atoms with van der Waals surface area (Å²) < 4.78 is 0. The predicted molar refractivity (Wildman–Crippen MR) is 78.1 cm³/mol. The summed E-state index contributed by atoms with van der Waals surface area (Å²) in [5.74, 6) is 1.10. The van der Waals surface area contributed by atoms with Crippen molar-refractivity contribution in [1.29, 1.82) is 0 Å². The van der Waals surface area contributed by atoms with Crippen molar-refractivity contribution in [2.45, 2.75) is 19.8 Å². The molecule has 0 radical (unpaired) electrons. The van der Waals surface area contributed by atoms with Crippen LogP contribution in [0.2, 0.25) is 0 Å². The van der Waals surface area contributed by atoms with E-state index >= 15 is 0 Å². The van der Waals surface area contributed by atoms with Crippen molar-refractivity contribution >= 4 is 5.82 Å². The highest BCUT2D eigenvalue weighted by Crippen LogP contribution is 2.17. The van der Waals surface area contributed by atoms with Crippen LogP contribution in [0.5, 0.6) is 0 Å². The third-order valence-corrected chi connectivity index (χ3v) is 3.00. The number of nitrogens with two attached hydrogens (primary N) is 1. The third-order valence-electron chi connectivity index (χ3n) is 3.00. The molecule has 18 heavy (non-hydrogen) atoms. The maximum absolute atomic E-state index is 5.66. The summed E-state index contributed by atoms with van der Waals surface area (Å²) in [4.78, 5) is 9.08. The van der Waals surface area contributed by atoms with Crippen LogP contribution < -0.4 is 10.6 Å². The lowest BCUT2D eigenvalue weighted by molar-refractivity contribution is 0.400. The van der Waals surface area contributed by atoms with Gasteiger partial charge in [0, 0.05) is 19.3 Å². The Bertz CT molecular complexity index is 338. The van der Waals surface area contributed by atoms with Crippen LogP contribution in [0.25, 0.3) is 0 Å². The molecule has 0 amide bonds. The summed E-state index contributed by atoms with van der Waals surface area (Å²) in [6.45, 7) is 5.99. The molecule has 0 saturated heterocycles. The summed E-state index contributed by atoms with van der Waals surface area (Å²) in [5.41, 5.74) is 6.91. The lowest BCUT2D eigenvalue weighted by Crippen LogP contribution is -2.29. The van der Waals surface area contributed by atoms with Crippen molar-refractivity contribution in [2.75, 3.05) is 45.2 Å². The zero-order valence-corrected chi connectivity index (χ0v) is 11.9. The Hall–Kier alpha value is -1.13. The van der Waals surface area contributed by atoms with Crippen molar-refractivity contribution in [3.05, 3.63) is 23.9 Å². The molecule has 4 nitrogen and oxygen atoms in total. The predicted octanol–water partition coefficient (Wildman–Crippen LogP) is 1.36. The molecule has 102 valence electrons. The Morgan fingerprint density at radius 3 is 2.67 bits per heavy atom. The Kier molecular flexibility index (Phi) is 6.68. The number of pyridine rings is 1. The molecule has 0 aromatic carbocycles. The van der Waals surface area contributed by atoms with Crippen LogP contribution in [0.1, 0.15) is 18.9 Å². The summed E-state index contributed by atoms with van der Waals surface area (Å²) in [6.07, 6.45) is 3.91. The van der Waals surface area contributed by atoms with E-state index in [4.69, 9.17) is 5.73 Å². The van der Waals surface area contributed by atoms with E-state index in [9.17, 15) is 0 Å². The molecule has 4 heteroatoms. The molecule has 0 aliphatic heterocycles. The first-order chi connectivity index (χ1) is 8.69. The van der Waals surface area contributed by atoms with Gasteiger partial charge in [-0.25, -0.2) is 4.98 Å². The van der Waals surface area contributed by atoms with E-state index in [1.54, 1.807) is 0 Å². The quantitative estimate of drug-likeness (QED) is 0.757. The zero-order chi connectivity index (χ0) is 13.4. The van der Waals surface area contributed by atoms with Crippen molar-refractivity contribution in [1.82, 2.24) is 9.88 Å². The molecule has 0 unspecified atom stereocenters. The first kappa shape index (κ1) is 14.9. The average molecular weight is 250 g/mol. The molecular weight excluding hydrogens is 224 g/mol. The van der Waals surface area contributed by atoms with Crippen LogP contribution in [0.4, 0.5) is 5.82 Å². The van der Waals surface area contributed by atoms with Gasteiger partial charge in [0.1, 0.15) is 5.82 Å². The summed E-state index contributed by atoms with van der Waals surface area (Å²) in [7, 11) is 4.22. The molecule has 0 aliphatic carbocycles. The van der Waals surface area contributed by atoms with E-state index in [0.717, 1.165) is 38.3 Å². The maximum Gasteiger partial charge on any atom is 0.131 e. The second kappa shape index (κ2) is 8.06. The largest absolute Gasteiger partial charge is 0.357 e. The van der Waals surface area contributed by atoms with Crippen molar-refractivity contribution in [2.24, 2.45) is 5.73 Å². The molecule has 2 N–H and O–H groups in total. The number of hydrogen-bond donors (Lipinski definition) is 1. The number of nitrogens with zero attached hydrogens (tertiary/aromatic N) is 3. The lowest BCUT2D eigenvalue weighted by Gasteiger charge is -2.25. The minimum Gasteiger partial charge on any atom is -0.357 e. The number of rotatable bonds is 8. The van der Waals surface area contributed by atoms with E-state index in [-0.39, 0.29) is 0 Å². The number of anilines is 1. The van der Waals surface area contributed by atoms with E-state index in [1.165, 1.54) is 5.56 Å². The maximum atomic E-state index is 5.66. The smallest absolute Gasteiger partial charge is 0.131 e. The van der Waals surface area contributed by atoms with Crippen molar-refractivity contribution < 1.29 is 0 Å². The highest BCUT2D eigenvalue weighted by atomic mass is 15.2. The minimum atomic E-state index is 0.675. The molecule has 0 spiro atoms. The van der Waals surface area contributed by atoms with Gasteiger partial charge in [0.2, 0.25) is 0 Å². The fourth-order valence-corrected chi connectivity index (χ4v) is 2.06. The monoisotopic (exact) mass is 250 g/mol. The van der Waals surface area contributed by atoms with Gasteiger partial charge < -0.3 is 15.5 Å². The van der Waals surface area contributed by atoms with Crippen LogP contribution in [0, 0.1) is 0 Å². The summed E-state index contributed by atoms with van der Waals surface area (Å²) >= 11 is 0. The van der Waals surface area contributed by atoms with E-state index in [2.05, 4.69) is 41.9 Å². The van der Waals surface area contributed by atoms with E-state index < -0.39 is 0 Å². The van der Waals surface area contributed by atoms with Crippen LogP contribution in [-0.4, -0.2) is 50.2 Å². The molecule has 1 rings (SSSR count). The molecule has 0 fully saturated rings. The van der Waals surface area contributed by atoms with E-state index in [0.29, 0.717) is 6.54 Å². The standard InChI is InChI=1S/C14H26N4/c1-4-18(12-6-11-17(2)3)14-13(8-9-15)7-5-10-16-14/h5,7,10H,4,6,8-9,11-12,15H2,1-3H3. The van der Waals surface area contributed by atoms with Crippen molar-refractivity contribution in [3.8, 4) is 0 Å². The first-order valence-electron chi connectivity index (χ1n) is 6.72. The molecule has 0 aliphatic rings. The average Bonchev–Trinajstić information content (AvgIpc) is 2.36. The fourth-order valence-electron chi connectivity index (χ4n) is 2.06. The summed E-state index contributed by atoms with van der Waals surface area (Å²) in [6, 6.07) is 4.12. The minimum absolute atomic E-state index is 0.675. The van der Waals surface area contributed by atoms with Gasteiger partial charge in [0.15, 0.2) is 0 Å². The Morgan fingerprint density at radius 1 is 1.28 bits per heavy atom. The molecule has 1 heterocycles. The molecule has 0 saturated carbocycles. The molecule has 0 bridgehead atoms. The first-order valence-corrected chi connectivity index (χ1v) is 6.72. The van der Waals surface area contributed by atoms with Gasteiger partial charge >= 0.3 is 0 Å². The fraction of sp³-hybridized carbons (Fsp3) is 0.643. The SMILES string of the molecule is CCN(CCCN(C)C)c1ncccc1CCN. The normalized spacial score (nSPS) is 10.9. The molecular formula is C14H26N4. The molecule has 0 atom stereocenters. The van der Waals surface area contributed by atoms with Gasteiger partial charge in [-0.05, 0) is 58.6 Å². The van der Waals surface area contributed by atoms with E-state index in [1.807, 2.05) is 12.3 Å². The van der Waals surface area contributed by atoms with Gasteiger partial charge in [-0.3, -0.25) is 0 Å². The van der Waals surface area contributed by atoms with Crippen molar-refractivity contribution in [3.63, 3.8) is 0 Å². The van der Waals surface area contributed by atoms with Gasteiger partial charge in [-0.1, -0.05) is 6.07 Å². The lowest BCUT2D eigenvalue weighted by atomic mass is 10.1. The Balaban J connectivity index is 2.68. The van der Waals surface area contributed by atoms with Crippen LogP contribution >= 0.6 is 0 Å². The van der Waals surface area contributed by atoms with Gasteiger partial charge in [-0.2, -0.15) is 0 Å². The van der Waals surface area contributed by atoms with Gasteiger partial charge in [0.05, 0.1) is 0 Å². The Morgan fingerprint density at radius 2 is 2.06 bits per heavy atom. The van der Waals surface area contributed by atoms with Crippen LogP contribution in [0.3, 0.4) is 0 Å². The highest BCUT2D eigenvalue weighted by Gasteiger charge is 2.10. The van der Waals surface area contributed by atoms with Crippen LogP contribution in [-0.2, 0) is 6.42 Å². The van der Waals surface area contributed by atoms with Gasteiger partial charge in [0.25, 0.3) is 0 Å². The molecule has 1 aromatic rings. The number of hydrogen-bond acceptors (Lipinski definition) is 4. The second-order valence-corrected chi connectivity index (χ2v) is 4.76.